The van der Waals surface area contributed by atoms with Crippen LogP contribution in [0.25, 0.3) is 0 Å². The molecule has 3 nitrogen and oxygen atoms in total. The lowest BCUT2D eigenvalue weighted by atomic mass is 10.0. The zero-order chi connectivity index (χ0) is 15.3. The molecule has 5 heteroatoms. The molecule has 0 amide bonds. The van der Waals surface area contributed by atoms with Crippen molar-refractivity contribution in [3.8, 4) is 0 Å². The van der Waals surface area contributed by atoms with E-state index in [4.69, 9.17) is 17.3 Å². The Labute approximate surface area is 130 Å². The molecule has 0 aromatic heterocycles. The second-order valence-electron chi connectivity index (χ2n) is 4.99. The van der Waals surface area contributed by atoms with Gasteiger partial charge in [0.2, 0.25) is 0 Å². The summed E-state index contributed by atoms with van der Waals surface area (Å²) in [5.41, 5.74) is 7.32. The maximum Gasteiger partial charge on any atom is 0.155 e. The van der Waals surface area contributed by atoms with Gasteiger partial charge >= 0.3 is 0 Å². The highest BCUT2D eigenvalue weighted by Gasteiger charge is 2.21. The van der Waals surface area contributed by atoms with Gasteiger partial charge in [0.15, 0.2) is 9.84 Å². The van der Waals surface area contributed by atoms with Crippen LogP contribution in [0.1, 0.15) is 17.0 Å². The maximum atomic E-state index is 12.4. The summed E-state index contributed by atoms with van der Waals surface area (Å²) in [4.78, 5) is 0. The van der Waals surface area contributed by atoms with Gasteiger partial charge in [0.25, 0.3) is 0 Å². The van der Waals surface area contributed by atoms with E-state index in [1.54, 1.807) is 24.3 Å². The first-order valence-electron chi connectivity index (χ1n) is 6.70. The van der Waals surface area contributed by atoms with Gasteiger partial charge in [-0.1, -0.05) is 60.1 Å². The van der Waals surface area contributed by atoms with E-state index in [1.807, 2.05) is 30.3 Å². The van der Waals surface area contributed by atoms with E-state index in [1.165, 1.54) is 0 Å². The van der Waals surface area contributed by atoms with Crippen LogP contribution in [-0.4, -0.2) is 20.7 Å². The lowest BCUT2D eigenvalue weighted by Crippen LogP contribution is -2.23. The minimum atomic E-state index is -3.28. The molecule has 2 aromatic carbocycles. The smallest absolute Gasteiger partial charge is 0.155 e. The zero-order valence-electron chi connectivity index (χ0n) is 11.6. The number of sulfone groups is 1. The zero-order valence-corrected chi connectivity index (χ0v) is 13.1. The molecule has 0 aliphatic rings. The van der Waals surface area contributed by atoms with Gasteiger partial charge < -0.3 is 5.73 Å². The normalized spacial score (nSPS) is 13.0. The first kappa shape index (κ1) is 16.0. The molecule has 1 atom stereocenters. The molecule has 0 saturated heterocycles. The van der Waals surface area contributed by atoms with Crippen molar-refractivity contribution >= 4 is 21.4 Å². The lowest BCUT2D eigenvalue weighted by molar-refractivity contribution is 0.587. The van der Waals surface area contributed by atoms with Crippen LogP contribution in [0.15, 0.2) is 54.6 Å². The molecule has 112 valence electrons. The SMILES string of the molecule is NCC(CS(=O)(=O)Cc1ccccc1Cl)c1ccccc1. The van der Waals surface area contributed by atoms with Gasteiger partial charge in [-0.2, -0.15) is 0 Å². The van der Waals surface area contributed by atoms with Crippen molar-refractivity contribution in [2.24, 2.45) is 5.73 Å². The van der Waals surface area contributed by atoms with Gasteiger partial charge in [0.05, 0.1) is 11.5 Å². The first-order chi connectivity index (χ1) is 10.0. The molecule has 0 radical (unpaired) electrons. The Morgan fingerprint density at radius 1 is 1.00 bits per heavy atom. The second kappa shape index (κ2) is 7.07. The Balaban J connectivity index is 2.15. The Morgan fingerprint density at radius 2 is 1.62 bits per heavy atom. The second-order valence-corrected chi connectivity index (χ2v) is 7.51. The molecule has 0 spiro atoms. The monoisotopic (exact) mass is 323 g/mol. The largest absolute Gasteiger partial charge is 0.330 e. The minimum absolute atomic E-state index is 0.0265. The molecule has 0 saturated carbocycles. The van der Waals surface area contributed by atoms with Crippen LogP contribution >= 0.6 is 11.6 Å². The summed E-state index contributed by atoms with van der Waals surface area (Å²) < 4.78 is 24.8. The Kier molecular flexibility index (Phi) is 5.39. The standard InChI is InChI=1S/C16H18ClNO2S/c17-16-9-5-4-8-14(16)11-21(19,20)12-15(10-18)13-6-2-1-3-7-13/h1-9,15H,10-12,18H2. The van der Waals surface area contributed by atoms with Crippen molar-refractivity contribution in [2.75, 3.05) is 12.3 Å². The molecule has 2 rings (SSSR count). The minimum Gasteiger partial charge on any atom is -0.330 e. The number of nitrogens with two attached hydrogens (primary N) is 1. The van der Waals surface area contributed by atoms with Crippen LogP contribution in [-0.2, 0) is 15.6 Å². The van der Waals surface area contributed by atoms with Crippen LogP contribution in [0.4, 0.5) is 0 Å². The third-order valence-electron chi connectivity index (χ3n) is 3.34. The molecular formula is C16H18ClNO2S. The van der Waals surface area contributed by atoms with E-state index in [9.17, 15) is 8.42 Å². The predicted octanol–water partition coefficient (Wildman–Crippen LogP) is 3.00. The predicted molar refractivity (Wildman–Crippen MR) is 87.2 cm³/mol. The van der Waals surface area contributed by atoms with Gasteiger partial charge in [0.1, 0.15) is 0 Å². The van der Waals surface area contributed by atoms with Crippen LogP contribution in [0.5, 0.6) is 0 Å². The molecule has 1 unspecified atom stereocenters. The molecule has 0 heterocycles. The molecular weight excluding hydrogens is 306 g/mol. The number of hydrogen-bond donors (Lipinski definition) is 1. The van der Waals surface area contributed by atoms with E-state index in [-0.39, 0.29) is 17.4 Å². The first-order valence-corrected chi connectivity index (χ1v) is 8.90. The quantitative estimate of drug-likeness (QED) is 0.889. The molecule has 0 fully saturated rings. The van der Waals surface area contributed by atoms with Crippen molar-refractivity contribution < 1.29 is 8.42 Å². The maximum absolute atomic E-state index is 12.4. The van der Waals surface area contributed by atoms with Crippen LogP contribution in [0.3, 0.4) is 0 Å². The Morgan fingerprint density at radius 3 is 2.24 bits per heavy atom. The molecule has 0 aliphatic heterocycles. The summed E-state index contributed by atoms with van der Waals surface area (Å²) in [6.45, 7) is 0.297. The summed E-state index contributed by atoms with van der Waals surface area (Å²) >= 11 is 6.03. The average Bonchev–Trinajstić information content (AvgIpc) is 2.48. The van der Waals surface area contributed by atoms with Gasteiger partial charge in [0, 0.05) is 17.5 Å². The molecule has 0 aliphatic carbocycles. The highest BCUT2D eigenvalue weighted by molar-refractivity contribution is 7.90. The lowest BCUT2D eigenvalue weighted by Gasteiger charge is -2.15. The molecule has 2 aromatic rings. The topological polar surface area (TPSA) is 60.2 Å². The summed E-state index contributed by atoms with van der Waals surface area (Å²) in [5, 5.41) is 0.477. The van der Waals surface area contributed by atoms with Gasteiger partial charge in [-0.3, -0.25) is 0 Å². The van der Waals surface area contributed by atoms with Crippen molar-refractivity contribution in [1.29, 1.82) is 0 Å². The summed E-state index contributed by atoms with van der Waals surface area (Å²) in [6, 6.07) is 16.5. The van der Waals surface area contributed by atoms with Crippen molar-refractivity contribution in [3.05, 3.63) is 70.7 Å². The number of benzene rings is 2. The average molecular weight is 324 g/mol. The van der Waals surface area contributed by atoms with Crippen molar-refractivity contribution in [1.82, 2.24) is 0 Å². The highest BCUT2D eigenvalue weighted by atomic mass is 35.5. The van der Waals surface area contributed by atoms with Crippen molar-refractivity contribution in [2.45, 2.75) is 11.7 Å². The number of halogens is 1. The molecule has 0 bridgehead atoms. The fourth-order valence-corrected chi connectivity index (χ4v) is 4.31. The van der Waals surface area contributed by atoms with Crippen LogP contribution in [0, 0.1) is 0 Å². The fraction of sp³-hybridized carbons (Fsp3) is 0.250. The van der Waals surface area contributed by atoms with E-state index >= 15 is 0 Å². The third kappa shape index (κ3) is 4.56. The Hall–Kier alpha value is -1.36. The third-order valence-corrected chi connectivity index (χ3v) is 5.37. The van der Waals surface area contributed by atoms with Gasteiger partial charge in [-0.25, -0.2) is 8.42 Å². The van der Waals surface area contributed by atoms with Gasteiger partial charge in [-0.15, -0.1) is 0 Å². The summed E-state index contributed by atoms with van der Waals surface area (Å²) in [6.07, 6.45) is 0. The van der Waals surface area contributed by atoms with E-state index in [0.29, 0.717) is 17.1 Å². The van der Waals surface area contributed by atoms with Crippen molar-refractivity contribution in [3.63, 3.8) is 0 Å². The summed E-state index contributed by atoms with van der Waals surface area (Å²) in [5.74, 6) is -0.229. The van der Waals surface area contributed by atoms with E-state index < -0.39 is 9.84 Å². The molecule has 21 heavy (non-hydrogen) atoms. The Bertz CT molecular complexity index is 686. The number of hydrogen-bond acceptors (Lipinski definition) is 3. The van der Waals surface area contributed by atoms with Crippen LogP contribution in [0.2, 0.25) is 5.02 Å². The van der Waals surface area contributed by atoms with Gasteiger partial charge in [-0.05, 0) is 17.2 Å². The fourth-order valence-electron chi connectivity index (χ4n) is 2.24. The van der Waals surface area contributed by atoms with E-state index in [2.05, 4.69) is 0 Å². The molecule has 2 N–H and O–H groups in total. The summed E-state index contributed by atoms with van der Waals surface area (Å²) in [7, 11) is -3.28. The number of rotatable bonds is 6. The van der Waals surface area contributed by atoms with E-state index in [0.717, 1.165) is 5.56 Å². The highest BCUT2D eigenvalue weighted by Crippen LogP contribution is 2.22. The van der Waals surface area contributed by atoms with Crippen LogP contribution < -0.4 is 5.73 Å².